The Balaban J connectivity index is 2.12. The largest absolute Gasteiger partial charge is 0.484 e. The van der Waals surface area contributed by atoms with Gasteiger partial charge in [0.1, 0.15) is 11.8 Å². The van der Waals surface area contributed by atoms with Crippen LogP contribution in [0.1, 0.15) is 23.6 Å². The predicted octanol–water partition coefficient (Wildman–Crippen LogP) is 3.50. The summed E-state index contributed by atoms with van der Waals surface area (Å²) in [6.45, 7) is 5.75. The van der Waals surface area contributed by atoms with E-state index < -0.39 is 6.04 Å². The van der Waals surface area contributed by atoms with Crippen molar-refractivity contribution in [3.05, 3.63) is 64.2 Å². The number of hydrogen-bond donors (Lipinski definition) is 1. The van der Waals surface area contributed by atoms with Crippen molar-refractivity contribution < 1.29 is 14.3 Å². The summed E-state index contributed by atoms with van der Waals surface area (Å²) in [7, 11) is 1.56. The van der Waals surface area contributed by atoms with Gasteiger partial charge in [0.05, 0.1) is 0 Å². The van der Waals surface area contributed by atoms with Crippen LogP contribution in [-0.4, -0.2) is 36.4 Å². The molecule has 0 unspecified atom stereocenters. The lowest BCUT2D eigenvalue weighted by atomic mass is 10.1. The molecular formula is C21H25ClN2O3. The average molecular weight is 389 g/mol. The van der Waals surface area contributed by atoms with Crippen LogP contribution >= 0.6 is 11.6 Å². The fourth-order valence-corrected chi connectivity index (χ4v) is 2.73. The molecular weight excluding hydrogens is 364 g/mol. The molecule has 2 amide bonds. The lowest BCUT2D eigenvalue weighted by Crippen LogP contribution is -2.48. The van der Waals surface area contributed by atoms with Gasteiger partial charge in [-0.05, 0) is 50.1 Å². The Morgan fingerprint density at radius 1 is 1.15 bits per heavy atom. The molecule has 6 heteroatoms. The number of nitrogens with zero attached hydrogens (tertiary/aromatic N) is 1. The minimum atomic E-state index is -0.612. The van der Waals surface area contributed by atoms with Crippen molar-refractivity contribution in [1.29, 1.82) is 0 Å². The predicted molar refractivity (Wildman–Crippen MR) is 107 cm³/mol. The molecule has 1 atom stereocenters. The summed E-state index contributed by atoms with van der Waals surface area (Å²) in [6.07, 6.45) is 0. The number of rotatable bonds is 7. The Morgan fingerprint density at radius 3 is 2.41 bits per heavy atom. The molecule has 0 radical (unpaired) electrons. The first-order valence-electron chi connectivity index (χ1n) is 8.77. The number of likely N-dealkylation sites (N-methyl/N-ethyl adjacent to an activating group) is 1. The molecule has 2 aromatic carbocycles. The van der Waals surface area contributed by atoms with E-state index in [-0.39, 0.29) is 18.4 Å². The van der Waals surface area contributed by atoms with E-state index in [4.69, 9.17) is 16.3 Å². The van der Waals surface area contributed by atoms with Gasteiger partial charge in [0, 0.05) is 18.6 Å². The summed E-state index contributed by atoms with van der Waals surface area (Å²) in [4.78, 5) is 26.4. The van der Waals surface area contributed by atoms with Gasteiger partial charge in [-0.1, -0.05) is 41.4 Å². The normalized spacial score (nSPS) is 11.6. The Labute approximate surface area is 165 Å². The molecule has 0 saturated heterocycles. The summed E-state index contributed by atoms with van der Waals surface area (Å²) in [5.41, 5.74) is 2.96. The van der Waals surface area contributed by atoms with E-state index in [9.17, 15) is 9.59 Å². The minimum Gasteiger partial charge on any atom is -0.484 e. The fraction of sp³-hybridized carbons (Fsp3) is 0.333. The standard InChI is InChI=1S/C21H25ClN2O3/c1-14-5-7-17(8-6-14)12-24(16(3)21(26)23-4)20(25)13-27-18-9-10-19(22)15(2)11-18/h5-11,16H,12-13H2,1-4H3,(H,23,26)/t16-/m1/s1. The van der Waals surface area contributed by atoms with Gasteiger partial charge >= 0.3 is 0 Å². The summed E-state index contributed by atoms with van der Waals surface area (Å²) in [6, 6.07) is 12.5. The van der Waals surface area contributed by atoms with Crippen LogP contribution in [-0.2, 0) is 16.1 Å². The number of hydrogen-bond acceptors (Lipinski definition) is 3. The quantitative estimate of drug-likeness (QED) is 0.789. The van der Waals surface area contributed by atoms with Gasteiger partial charge in [0.25, 0.3) is 5.91 Å². The van der Waals surface area contributed by atoms with E-state index in [0.717, 1.165) is 16.7 Å². The number of halogens is 1. The number of carbonyl (C=O) groups excluding carboxylic acids is 2. The highest BCUT2D eigenvalue weighted by Crippen LogP contribution is 2.21. The first-order valence-corrected chi connectivity index (χ1v) is 9.15. The summed E-state index contributed by atoms with van der Waals surface area (Å²) < 4.78 is 5.62. The molecule has 2 rings (SSSR count). The molecule has 0 fully saturated rings. The molecule has 0 aliphatic heterocycles. The highest BCUT2D eigenvalue weighted by atomic mass is 35.5. The first kappa shape index (κ1) is 20.8. The molecule has 0 aliphatic carbocycles. The molecule has 0 heterocycles. The van der Waals surface area contributed by atoms with Crippen LogP contribution in [0.2, 0.25) is 5.02 Å². The second kappa shape index (κ2) is 9.42. The zero-order chi connectivity index (χ0) is 20.0. The second-order valence-electron chi connectivity index (χ2n) is 6.50. The Hall–Kier alpha value is -2.53. The fourth-order valence-electron chi connectivity index (χ4n) is 2.62. The van der Waals surface area contributed by atoms with E-state index in [2.05, 4.69) is 5.32 Å². The van der Waals surface area contributed by atoms with Crippen molar-refractivity contribution in [3.8, 4) is 5.75 Å². The zero-order valence-electron chi connectivity index (χ0n) is 16.1. The van der Waals surface area contributed by atoms with Gasteiger partial charge in [-0.2, -0.15) is 0 Å². The van der Waals surface area contributed by atoms with Crippen LogP contribution in [0.4, 0.5) is 0 Å². The van der Waals surface area contributed by atoms with Crippen LogP contribution in [0.15, 0.2) is 42.5 Å². The van der Waals surface area contributed by atoms with Crippen molar-refractivity contribution in [2.75, 3.05) is 13.7 Å². The first-order chi connectivity index (χ1) is 12.8. The van der Waals surface area contributed by atoms with Gasteiger partial charge in [-0.15, -0.1) is 0 Å². The van der Waals surface area contributed by atoms with E-state index in [1.807, 2.05) is 38.1 Å². The van der Waals surface area contributed by atoms with Gasteiger partial charge < -0.3 is 15.0 Å². The van der Waals surface area contributed by atoms with Crippen molar-refractivity contribution in [1.82, 2.24) is 10.2 Å². The monoisotopic (exact) mass is 388 g/mol. The Kier molecular flexibility index (Phi) is 7.25. The van der Waals surface area contributed by atoms with Crippen molar-refractivity contribution in [2.45, 2.75) is 33.4 Å². The summed E-state index contributed by atoms with van der Waals surface area (Å²) in [5, 5.41) is 3.24. The van der Waals surface area contributed by atoms with Gasteiger partial charge in [0.2, 0.25) is 5.91 Å². The maximum Gasteiger partial charge on any atom is 0.261 e. The topological polar surface area (TPSA) is 58.6 Å². The molecule has 0 aromatic heterocycles. The third kappa shape index (κ3) is 5.73. The number of ether oxygens (including phenoxy) is 1. The molecule has 0 bridgehead atoms. The summed E-state index contributed by atoms with van der Waals surface area (Å²) >= 11 is 6.01. The lowest BCUT2D eigenvalue weighted by molar-refractivity contribution is -0.142. The highest BCUT2D eigenvalue weighted by molar-refractivity contribution is 6.31. The van der Waals surface area contributed by atoms with E-state index in [1.165, 1.54) is 4.90 Å². The Bertz CT molecular complexity index is 806. The Morgan fingerprint density at radius 2 is 1.81 bits per heavy atom. The molecule has 0 spiro atoms. The van der Waals surface area contributed by atoms with E-state index >= 15 is 0 Å². The van der Waals surface area contributed by atoms with Crippen LogP contribution in [0.3, 0.4) is 0 Å². The number of carbonyl (C=O) groups is 2. The molecule has 5 nitrogen and oxygen atoms in total. The van der Waals surface area contributed by atoms with E-state index in [1.54, 1.807) is 32.2 Å². The van der Waals surface area contributed by atoms with Gasteiger partial charge in [0.15, 0.2) is 6.61 Å². The number of benzene rings is 2. The van der Waals surface area contributed by atoms with Crippen LogP contribution in [0.5, 0.6) is 5.75 Å². The SMILES string of the molecule is CNC(=O)[C@@H](C)N(Cc1ccc(C)cc1)C(=O)COc1ccc(Cl)c(C)c1. The second-order valence-corrected chi connectivity index (χ2v) is 6.90. The maximum atomic E-state index is 12.8. The minimum absolute atomic E-state index is 0.158. The number of aryl methyl sites for hydroxylation is 2. The molecule has 0 aliphatic rings. The van der Waals surface area contributed by atoms with Crippen LogP contribution in [0.25, 0.3) is 0 Å². The van der Waals surface area contributed by atoms with Crippen molar-refractivity contribution in [2.24, 2.45) is 0 Å². The average Bonchev–Trinajstić information content (AvgIpc) is 2.67. The van der Waals surface area contributed by atoms with Crippen molar-refractivity contribution in [3.63, 3.8) is 0 Å². The molecule has 0 saturated carbocycles. The summed E-state index contributed by atoms with van der Waals surface area (Å²) in [5.74, 6) is 0.0743. The van der Waals surface area contributed by atoms with Gasteiger partial charge in [-0.25, -0.2) is 0 Å². The van der Waals surface area contributed by atoms with Crippen molar-refractivity contribution >= 4 is 23.4 Å². The van der Waals surface area contributed by atoms with E-state index in [0.29, 0.717) is 17.3 Å². The van der Waals surface area contributed by atoms with Gasteiger partial charge in [-0.3, -0.25) is 9.59 Å². The third-order valence-corrected chi connectivity index (χ3v) is 4.80. The third-order valence-electron chi connectivity index (χ3n) is 4.38. The van der Waals surface area contributed by atoms with Crippen LogP contribution in [0, 0.1) is 13.8 Å². The maximum absolute atomic E-state index is 12.8. The zero-order valence-corrected chi connectivity index (χ0v) is 16.8. The molecule has 2 aromatic rings. The number of amides is 2. The molecule has 1 N–H and O–H groups in total. The molecule has 144 valence electrons. The smallest absolute Gasteiger partial charge is 0.261 e. The lowest BCUT2D eigenvalue weighted by Gasteiger charge is -2.28. The molecule has 27 heavy (non-hydrogen) atoms. The highest BCUT2D eigenvalue weighted by Gasteiger charge is 2.25. The van der Waals surface area contributed by atoms with Crippen LogP contribution < -0.4 is 10.1 Å². The number of nitrogens with one attached hydrogen (secondary N) is 1.